The van der Waals surface area contributed by atoms with Crippen molar-refractivity contribution in [1.82, 2.24) is 9.88 Å². The third-order valence-electron chi connectivity index (χ3n) is 5.34. The Balaban J connectivity index is 1.37. The first-order valence-electron chi connectivity index (χ1n) is 9.16. The SMILES string of the molecule is COc1ccc2nc(NC(=O)CCN3C(=O)[C@@H]4CCCC[C@H]4C3=O)sc2c1. The molecule has 1 aliphatic heterocycles. The van der Waals surface area contributed by atoms with Gasteiger partial charge in [0, 0.05) is 13.0 Å². The minimum atomic E-state index is -0.253. The molecule has 27 heavy (non-hydrogen) atoms. The molecule has 4 rings (SSSR count). The summed E-state index contributed by atoms with van der Waals surface area (Å²) in [4.78, 5) is 42.8. The van der Waals surface area contributed by atoms with Crippen molar-refractivity contribution < 1.29 is 19.1 Å². The van der Waals surface area contributed by atoms with Crippen LogP contribution in [0.2, 0.25) is 0 Å². The van der Waals surface area contributed by atoms with E-state index >= 15 is 0 Å². The van der Waals surface area contributed by atoms with Gasteiger partial charge in [0.25, 0.3) is 0 Å². The quantitative estimate of drug-likeness (QED) is 0.797. The Bertz CT molecular complexity index is 885. The van der Waals surface area contributed by atoms with Gasteiger partial charge in [-0.1, -0.05) is 24.2 Å². The molecule has 1 N–H and O–H groups in total. The van der Waals surface area contributed by atoms with Gasteiger partial charge in [-0.25, -0.2) is 4.98 Å². The second-order valence-electron chi connectivity index (χ2n) is 6.98. The van der Waals surface area contributed by atoms with E-state index in [4.69, 9.17) is 4.74 Å². The van der Waals surface area contributed by atoms with Crippen LogP contribution in [0.3, 0.4) is 0 Å². The topological polar surface area (TPSA) is 88.6 Å². The molecule has 7 nitrogen and oxygen atoms in total. The molecule has 142 valence electrons. The van der Waals surface area contributed by atoms with Crippen molar-refractivity contribution in [3.05, 3.63) is 18.2 Å². The Labute approximate surface area is 160 Å². The summed E-state index contributed by atoms with van der Waals surface area (Å²) in [5.74, 6) is -0.0793. The van der Waals surface area contributed by atoms with Crippen LogP contribution in [0.4, 0.5) is 5.13 Å². The van der Waals surface area contributed by atoms with Gasteiger partial charge in [0.15, 0.2) is 5.13 Å². The number of ether oxygens (including phenoxy) is 1. The van der Waals surface area contributed by atoms with Crippen LogP contribution in [-0.2, 0) is 14.4 Å². The number of methoxy groups -OCH3 is 1. The molecule has 2 aromatic rings. The summed E-state index contributed by atoms with van der Waals surface area (Å²) in [5, 5.41) is 3.26. The molecule has 1 saturated heterocycles. The van der Waals surface area contributed by atoms with Crippen LogP contribution in [0.1, 0.15) is 32.1 Å². The van der Waals surface area contributed by atoms with Gasteiger partial charge in [-0.2, -0.15) is 0 Å². The fourth-order valence-electron chi connectivity index (χ4n) is 3.93. The number of likely N-dealkylation sites (tertiary alicyclic amines) is 1. The fraction of sp³-hybridized carbons (Fsp3) is 0.474. The fourth-order valence-corrected chi connectivity index (χ4v) is 4.84. The first-order chi connectivity index (χ1) is 13.1. The van der Waals surface area contributed by atoms with Gasteiger partial charge in [-0.3, -0.25) is 19.3 Å². The zero-order chi connectivity index (χ0) is 19.0. The lowest BCUT2D eigenvalue weighted by molar-refractivity contribution is -0.140. The van der Waals surface area contributed by atoms with Crippen LogP contribution in [0.25, 0.3) is 10.2 Å². The molecule has 1 aromatic carbocycles. The maximum atomic E-state index is 12.5. The maximum Gasteiger partial charge on any atom is 0.233 e. The number of amides is 3. The van der Waals surface area contributed by atoms with Crippen molar-refractivity contribution in [2.24, 2.45) is 11.8 Å². The second kappa shape index (κ2) is 7.26. The monoisotopic (exact) mass is 387 g/mol. The number of imide groups is 1. The Morgan fingerprint density at radius 1 is 1.26 bits per heavy atom. The van der Waals surface area contributed by atoms with Crippen LogP contribution in [-0.4, -0.2) is 41.3 Å². The number of nitrogens with zero attached hydrogens (tertiary/aromatic N) is 2. The number of thiazole rings is 1. The number of carbonyl (C=O) groups excluding carboxylic acids is 3. The molecule has 0 radical (unpaired) electrons. The number of fused-ring (bicyclic) bond motifs is 2. The van der Waals surface area contributed by atoms with E-state index in [1.807, 2.05) is 18.2 Å². The van der Waals surface area contributed by atoms with Crippen molar-refractivity contribution in [3.63, 3.8) is 0 Å². The van der Waals surface area contributed by atoms with Gasteiger partial charge in [0.1, 0.15) is 5.75 Å². The molecule has 2 aliphatic rings. The van der Waals surface area contributed by atoms with E-state index < -0.39 is 0 Å². The van der Waals surface area contributed by atoms with Crippen molar-refractivity contribution in [3.8, 4) is 5.75 Å². The zero-order valence-electron chi connectivity index (χ0n) is 15.1. The number of aromatic nitrogens is 1. The van der Waals surface area contributed by atoms with Crippen LogP contribution in [0, 0.1) is 11.8 Å². The Morgan fingerprint density at radius 3 is 2.63 bits per heavy atom. The standard InChI is InChI=1S/C19H21N3O4S/c1-26-11-6-7-14-15(10-11)27-19(20-14)21-16(23)8-9-22-17(24)12-4-2-3-5-13(12)18(22)25/h6-7,10,12-13H,2-5,8-9H2,1H3,(H,20,21,23)/t12-,13-/m1/s1. The molecule has 2 heterocycles. The highest BCUT2D eigenvalue weighted by molar-refractivity contribution is 7.22. The first-order valence-corrected chi connectivity index (χ1v) is 9.98. The second-order valence-corrected chi connectivity index (χ2v) is 8.01. The van der Waals surface area contributed by atoms with Crippen LogP contribution in [0.15, 0.2) is 18.2 Å². The molecule has 0 unspecified atom stereocenters. The van der Waals surface area contributed by atoms with Gasteiger partial charge >= 0.3 is 0 Å². The lowest BCUT2D eigenvalue weighted by atomic mass is 9.81. The molecule has 2 fully saturated rings. The predicted molar refractivity (Wildman–Crippen MR) is 102 cm³/mol. The molecule has 0 bridgehead atoms. The normalized spacial score (nSPS) is 22.2. The summed E-state index contributed by atoms with van der Waals surface area (Å²) >= 11 is 1.36. The molecular formula is C19H21N3O4S. The minimum absolute atomic E-state index is 0.0795. The zero-order valence-corrected chi connectivity index (χ0v) is 15.9. The van der Waals surface area contributed by atoms with Crippen molar-refractivity contribution >= 4 is 44.4 Å². The number of nitrogens with one attached hydrogen (secondary N) is 1. The van der Waals surface area contributed by atoms with Crippen LogP contribution in [0.5, 0.6) is 5.75 Å². The number of benzene rings is 1. The number of hydrogen-bond donors (Lipinski definition) is 1. The first kappa shape index (κ1) is 17.9. The summed E-state index contributed by atoms with van der Waals surface area (Å²) in [6.07, 6.45) is 3.64. The highest BCUT2D eigenvalue weighted by Gasteiger charge is 2.47. The summed E-state index contributed by atoms with van der Waals surface area (Å²) in [7, 11) is 1.60. The highest BCUT2D eigenvalue weighted by atomic mass is 32.1. The molecule has 1 aromatic heterocycles. The van der Waals surface area contributed by atoms with E-state index in [9.17, 15) is 14.4 Å². The van der Waals surface area contributed by atoms with Gasteiger partial charge in [0.05, 0.1) is 29.2 Å². The Hall–Kier alpha value is -2.48. The van der Waals surface area contributed by atoms with E-state index in [0.29, 0.717) is 5.13 Å². The molecule has 3 amide bonds. The molecule has 2 atom stereocenters. The Morgan fingerprint density at radius 2 is 1.96 bits per heavy atom. The van der Waals surface area contributed by atoms with E-state index in [-0.39, 0.29) is 42.5 Å². The number of anilines is 1. The number of rotatable bonds is 5. The van der Waals surface area contributed by atoms with Crippen molar-refractivity contribution in [2.45, 2.75) is 32.1 Å². The van der Waals surface area contributed by atoms with Crippen molar-refractivity contribution in [1.29, 1.82) is 0 Å². The lowest BCUT2D eigenvalue weighted by Crippen LogP contribution is -2.34. The summed E-state index contributed by atoms with van der Waals surface area (Å²) in [5.41, 5.74) is 0.782. The van der Waals surface area contributed by atoms with Crippen LogP contribution < -0.4 is 10.1 Å². The van der Waals surface area contributed by atoms with Crippen molar-refractivity contribution in [2.75, 3.05) is 19.0 Å². The van der Waals surface area contributed by atoms with Crippen LogP contribution >= 0.6 is 11.3 Å². The van der Waals surface area contributed by atoms with Gasteiger partial charge < -0.3 is 10.1 Å². The average Bonchev–Trinajstić information content (AvgIpc) is 3.18. The Kier molecular flexibility index (Phi) is 4.82. The van der Waals surface area contributed by atoms with E-state index in [1.165, 1.54) is 16.2 Å². The van der Waals surface area contributed by atoms with Gasteiger partial charge in [-0.05, 0) is 31.0 Å². The third-order valence-corrected chi connectivity index (χ3v) is 6.27. The molecular weight excluding hydrogens is 366 g/mol. The predicted octanol–water partition coefficient (Wildman–Crippen LogP) is 2.81. The third kappa shape index (κ3) is 3.41. The lowest BCUT2D eigenvalue weighted by Gasteiger charge is -2.19. The summed E-state index contributed by atoms with van der Waals surface area (Å²) in [6, 6.07) is 5.52. The number of carbonyl (C=O) groups is 3. The molecule has 8 heteroatoms. The molecule has 1 aliphatic carbocycles. The maximum absolute atomic E-state index is 12.5. The minimum Gasteiger partial charge on any atom is -0.497 e. The van der Waals surface area contributed by atoms with E-state index in [0.717, 1.165) is 41.6 Å². The molecule has 1 saturated carbocycles. The largest absolute Gasteiger partial charge is 0.497 e. The summed E-state index contributed by atoms with van der Waals surface area (Å²) < 4.78 is 6.11. The average molecular weight is 387 g/mol. The van der Waals surface area contributed by atoms with Gasteiger partial charge in [0.2, 0.25) is 17.7 Å². The van der Waals surface area contributed by atoms with E-state index in [1.54, 1.807) is 7.11 Å². The van der Waals surface area contributed by atoms with E-state index in [2.05, 4.69) is 10.3 Å². The number of hydrogen-bond acceptors (Lipinski definition) is 6. The van der Waals surface area contributed by atoms with Gasteiger partial charge in [-0.15, -0.1) is 0 Å². The summed E-state index contributed by atoms with van der Waals surface area (Å²) in [6.45, 7) is 0.134. The highest BCUT2D eigenvalue weighted by Crippen LogP contribution is 2.38. The smallest absolute Gasteiger partial charge is 0.233 e. The molecule has 0 spiro atoms.